The molecule has 0 aliphatic carbocycles. The summed E-state index contributed by atoms with van der Waals surface area (Å²) in [4.78, 5) is 12.1. The lowest BCUT2D eigenvalue weighted by Gasteiger charge is -2.26. The van der Waals surface area contributed by atoms with Crippen molar-refractivity contribution in [3.05, 3.63) is 17.8 Å². The van der Waals surface area contributed by atoms with Crippen LogP contribution in [-0.4, -0.2) is 66.7 Å². The summed E-state index contributed by atoms with van der Waals surface area (Å²) in [7, 11) is 1.70. The Labute approximate surface area is 188 Å². The van der Waals surface area contributed by atoms with E-state index in [-0.39, 0.29) is 35.3 Å². The SMILES string of the molecule is CCN(CC1CCN(C(=NC)NCc2ncc(C(C)(C)C)o2)C1)CC(F)(F)F.I. The number of oxazole rings is 1. The van der Waals surface area contributed by atoms with Crippen molar-refractivity contribution in [3.8, 4) is 0 Å². The molecule has 0 spiro atoms. The number of aliphatic imine (C=N–C) groups is 1. The molecular formula is C19H33F3IN5O. The molecule has 2 rings (SSSR count). The summed E-state index contributed by atoms with van der Waals surface area (Å²) >= 11 is 0. The maximum Gasteiger partial charge on any atom is 0.401 e. The van der Waals surface area contributed by atoms with Crippen molar-refractivity contribution < 1.29 is 17.6 Å². The van der Waals surface area contributed by atoms with Crippen molar-refractivity contribution in [2.75, 3.05) is 39.8 Å². The number of rotatable bonds is 6. The van der Waals surface area contributed by atoms with Gasteiger partial charge in [-0.05, 0) is 18.9 Å². The fourth-order valence-corrected chi connectivity index (χ4v) is 3.32. The first-order chi connectivity index (χ1) is 13.0. The van der Waals surface area contributed by atoms with Crippen molar-refractivity contribution in [2.45, 2.75) is 52.3 Å². The number of aromatic nitrogens is 1. The average Bonchev–Trinajstić information content (AvgIpc) is 3.23. The van der Waals surface area contributed by atoms with Crippen LogP contribution >= 0.6 is 24.0 Å². The standard InChI is InChI=1S/C19H32F3N5O.HI/c1-6-26(13-19(20,21)22)11-14-7-8-27(12-14)17(23-5)25-10-16-24-9-15(28-16)18(2,3)4;/h9,14H,6-8,10-13H2,1-5H3,(H,23,25);1H. The second-order valence-corrected chi connectivity index (χ2v) is 8.31. The van der Waals surface area contributed by atoms with Gasteiger partial charge in [-0.1, -0.05) is 27.7 Å². The minimum atomic E-state index is -4.16. The van der Waals surface area contributed by atoms with Crippen molar-refractivity contribution in [3.63, 3.8) is 0 Å². The van der Waals surface area contributed by atoms with Gasteiger partial charge in [0.2, 0.25) is 5.89 Å². The number of nitrogens with one attached hydrogen (secondary N) is 1. The second kappa shape index (κ2) is 10.8. The van der Waals surface area contributed by atoms with Gasteiger partial charge < -0.3 is 14.6 Å². The molecule has 1 aromatic heterocycles. The van der Waals surface area contributed by atoms with Gasteiger partial charge in [0, 0.05) is 32.1 Å². The van der Waals surface area contributed by atoms with E-state index < -0.39 is 12.7 Å². The highest BCUT2D eigenvalue weighted by molar-refractivity contribution is 14.0. The molecule has 168 valence electrons. The number of hydrogen-bond acceptors (Lipinski definition) is 4. The zero-order valence-corrected chi connectivity index (χ0v) is 20.2. The normalized spacial score (nSPS) is 18.3. The Balaban J connectivity index is 0.00000420. The molecule has 0 aromatic carbocycles. The molecule has 1 aliphatic heterocycles. The van der Waals surface area contributed by atoms with E-state index in [0.717, 1.165) is 24.7 Å². The van der Waals surface area contributed by atoms with E-state index in [1.54, 1.807) is 20.2 Å². The predicted molar refractivity (Wildman–Crippen MR) is 119 cm³/mol. The lowest BCUT2D eigenvalue weighted by atomic mass is 9.94. The zero-order valence-electron chi connectivity index (χ0n) is 17.8. The largest absolute Gasteiger partial charge is 0.443 e. The molecule has 0 amide bonds. The summed E-state index contributed by atoms with van der Waals surface area (Å²) in [6.07, 6.45) is -1.57. The van der Waals surface area contributed by atoms with Crippen LogP contribution in [0.4, 0.5) is 13.2 Å². The van der Waals surface area contributed by atoms with Gasteiger partial charge in [-0.3, -0.25) is 9.89 Å². The molecule has 1 aliphatic rings. The molecule has 0 radical (unpaired) electrons. The lowest BCUT2D eigenvalue weighted by molar-refractivity contribution is -0.146. The second-order valence-electron chi connectivity index (χ2n) is 8.31. The number of nitrogens with zero attached hydrogens (tertiary/aromatic N) is 4. The van der Waals surface area contributed by atoms with Gasteiger partial charge in [0.05, 0.1) is 19.3 Å². The smallest absolute Gasteiger partial charge is 0.401 e. The molecule has 1 aromatic rings. The average molecular weight is 531 g/mol. The van der Waals surface area contributed by atoms with Crippen molar-refractivity contribution in [2.24, 2.45) is 10.9 Å². The van der Waals surface area contributed by atoms with Gasteiger partial charge in [-0.15, -0.1) is 24.0 Å². The molecule has 1 saturated heterocycles. The van der Waals surface area contributed by atoms with E-state index in [9.17, 15) is 13.2 Å². The molecule has 0 bridgehead atoms. The van der Waals surface area contributed by atoms with E-state index >= 15 is 0 Å². The third-order valence-electron chi connectivity index (χ3n) is 4.85. The summed E-state index contributed by atoms with van der Waals surface area (Å²) in [5, 5.41) is 3.24. The molecule has 1 N–H and O–H groups in total. The maximum absolute atomic E-state index is 12.7. The van der Waals surface area contributed by atoms with Gasteiger partial charge in [0.15, 0.2) is 5.96 Å². The summed E-state index contributed by atoms with van der Waals surface area (Å²) in [6, 6.07) is 0. The molecule has 1 atom stereocenters. The van der Waals surface area contributed by atoms with Crippen LogP contribution in [0.25, 0.3) is 0 Å². The Kier molecular flexibility index (Phi) is 9.71. The van der Waals surface area contributed by atoms with Crippen LogP contribution in [0.2, 0.25) is 0 Å². The Bertz CT molecular complexity index is 657. The van der Waals surface area contributed by atoms with E-state index in [2.05, 4.69) is 41.0 Å². The van der Waals surface area contributed by atoms with Gasteiger partial charge in [-0.25, -0.2) is 4.98 Å². The predicted octanol–water partition coefficient (Wildman–Crippen LogP) is 3.87. The van der Waals surface area contributed by atoms with Gasteiger partial charge in [-0.2, -0.15) is 13.2 Å². The highest BCUT2D eigenvalue weighted by Gasteiger charge is 2.33. The number of hydrogen-bond donors (Lipinski definition) is 1. The molecule has 6 nitrogen and oxygen atoms in total. The molecule has 1 unspecified atom stereocenters. The number of alkyl halides is 3. The molecular weight excluding hydrogens is 498 g/mol. The quantitative estimate of drug-likeness (QED) is 0.343. The van der Waals surface area contributed by atoms with Gasteiger partial charge in [0.25, 0.3) is 0 Å². The van der Waals surface area contributed by atoms with E-state index in [0.29, 0.717) is 32.1 Å². The van der Waals surface area contributed by atoms with E-state index in [1.165, 1.54) is 4.90 Å². The molecule has 10 heteroatoms. The van der Waals surface area contributed by atoms with Crippen molar-refractivity contribution in [1.82, 2.24) is 20.1 Å². The van der Waals surface area contributed by atoms with E-state index in [4.69, 9.17) is 4.42 Å². The highest BCUT2D eigenvalue weighted by Crippen LogP contribution is 2.23. The maximum atomic E-state index is 12.7. The van der Waals surface area contributed by atoms with Crippen molar-refractivity contribution >= 4 is 29.9 Å². The van der Waals surface area contributed by atoms with Crippen LogP contribution in [0.15, 0.2) is 15.6 Å². The van der Waals surface area contributed by atoms with Gasteiger partial charge >= 0.3 is 6.18 Å². The van der Waals surface area contributed by atoms with Crippen LogP contribution in [0.3, 0.4) is 0 Å². The molecule has 29 heavy (non-hydrogen) atoms. The molecule has 0 saturated carbocycles. The van der Waals surface area contributed by atoms with Crippen LogP contribution < -0.4 is 5.32 Å². The molecule has 1 fully saturated rings. The molecule has 2 heterocycles. The Morgan fingerprint density at radius 2 is 2.07 bits per heavy atom. The van der Waals surface area contributed by atoms with Crippen molar-refractivity contribution in [1.29, 1.82) is 0 Å². The number of likely N-dealkylation sites (tertiary alicyclic amines) is 1. The first-order valence-corrected chi connectivity index (χ1v) is 9.71. The monoisotopic (exact) mass is 531 g/mol. The fourth-order valence-electron chi connectivity index (χ4n) is 3.32. The third kappa shape index (κ3) is 8.31. The Morgan fingerprint density at radius 3 is 2.59 bits per heavy atom. The first kappa shape index (κ1) is 26.0. The summed E-state index contributed by atoms with van der Waals surface area (Å²) in [6.45, 7) is 9.81. The van der Waals surface area contributed by atoms with Crippen LogP contribution in [0.5, 0.6) is 0 Å². The number of halogens is 4. The minimum absolute atomic E-state index is 0. The van der Waals surface area contributed by atoms with Crippen LogP contribution in [0.1, 0.15) is 45.8 Å². The lowest BCUT2D eigenvalue weighted by Crippen LogP contribution is -2.41. The first-order valence-electron chi connectivity index (χ1n) is 9.71. The Hall–Kier alpha value is -1.04. The topological polar surface area (TPSA) is 56.9 Å². The van der Waals surface area contributed by atoms with Gasteiger partial charge in [0.1, 0.15) is 5.76 Å². The number of guanidine groups is 1. The third-order valence-corrected chi connectivity index (χ3v) is 4.85. The van der Waals surface area contributed by atoms with Crippen LogP contribution in [0, 0.1) is 5.92 Å². The summed E-state index contributed by atoms with van der Waals surface area (Å²) in [5.41, 5.74) is -0.101. The zero-order chi connectivity index (χ0) is 20.9. The fraction of sp³-hybridized carbons (Fsp3) is 0.789. The minimum Gasteiger partial charge on any atom is -0.443 e. The van der Waals surface area contributed by atoms with E-state index in [1.807, 2.05) is 0 Å². The van der Waals surface area contributed by atoms with Crippen LogP contribution in [-0.2, 0) is 12.0 Å². The Morgan fingerprint density at radius 1 is 1.38 bits per heavy atom. The highest BCUT2D eigenvalue weighted by atomic mass is 127. The summed E-state index contributed by atoms with van der Waals surface area (Å²) < 4.78 is 43.8. The summed E-state index contributed by atoms with van der Waals surface area (Å²) in [5.74, 6) is 2.32.